The topological polar surface area (TPSA) is 46.5 Å². The zero-order chi connectivity index (χ0) is 14.2. The van der Waals surface area contributed by atoms with Crippen molar-refractivity contribution in [2.45, 2.75) is 31.8 Å². The number of carboxylic acid groups (broad SMARTS) is 1. The van der Waals surface area contributed by atoms with Gasteiger partial charge in [0.25, 0.3) is 5.92 Å². The minimum absolute atomic E-state index is 0.0741. The highest BCUT2D eigenvalue weighted by Gasteiger charge is 2.39. The van der Waals surface area contributed by atoms with E-state index in [2.05, 4.69) is 15.9 Å². The van der Waals surface area contributed by atoms with Gasteiger partial charge >= 0.3 is 5.97 Å². The van der Waals surface area contributed by atoms with Gasteiger partial charge in [-0.05, 0) is 31.0 Å². The molecule has 0 bridgehead atoms. The van der Waals surface area contributed by atoms with Crippen molar-refractivity contribution in [3.8, 4) is 5.75 Å². The van der Waals surface area contributed by atoms with Gasteiger partial charge in [0.1, 0.15) is 5.75 Å². The van der Waals surface area contributed by atoms with E-state index < -0.39 is 18.0 Å². The molecule has 0 saturated heterocycles. The largest absolute Gasteiger partial charge is 0.478 e. The number of halogens is 3. The molecule has 1 aliphatic rings. The summed E-state index contributed by atoms with van der Waals surface area (Å²) >= 11 is 3.12. The summed E-state index contributed by atoms with van der Waals surface area (Å²) in [5.74, 6) is -4.36. The highest BCUT2D eigenvalue weighted by atomic mass is 79.9. The maximum absolute atomic E-state index is 13.5. The van der Waals surface area contributed by atoms with Crippen molar-refractivity contribution in [3.63, 3.8) is 0 Å². The van der Waals surface area contributed by atoms with Crippen molar-refractivity contribution < 1.29 is 23.4 Å². The Bertz CT molecular complexity index is 495. The first-order valence-corrected chi connectivity index (χ1v) is 6.65. The van der Waals surface area contributed by atoms with Gasteiger partial charge in [0.2, 0.25) is 0 Å². The molecule has 0 spiro atoms. The van der Waals surface area contributed by atoms with Crippen molar-refractivity contribution in [1.82, 2.24) is 0 Å². The van der Waals surface area contributed by atoms with Gasteiger partial charge in [-0.25, -0.2) is 13.6 Å². The van der Waals surface area contributed by atoms with Crippen LogP contribution < -0.4 is 4.74 Å². The third-order valence-corrected chi connectivity index (χ3v) is 3.46. The fraction of sp³-hybridized carbons (Fsp3) is 0.462. The molecule has 2 rings (SSSR count). The molecular weight excluding hydrogens is 322 g/mol. The van der Waals surface area contributed by atoms with Gasteiger partial charge in [0.05, 0.1) is 5.56 Å². The summed E-state index contributed by atoms with van der Waals surface area (Å²) in [6.07, 6.45) is 0.457. The molecule has 6 heteroatoms. The van der Waals surface area contributed by atoms with Gasteiger partial charge in [-0.3, -0.25) is 0 Å². The summed E-state index contributed by atoms with van der Waals surface area (Å²) in [7, 11) is 0. The number of hydrogen-bond donors (Lipinski definition) is 1. The summed E-state index contributed by atoms with van der Waals surface area (Å²) in [5, 5.41) is 9.07. The quantitative estimate of drug-likeness (QED) is 0.890. The van der Waals surface area contributed by atoms with E-state index in [9.17, 15) is 13.6 Å². The van der Waals surface area contributed by atoms with Crippen LogP contribution >= 0.6 is 15.9 Å². The molecule has 1 N–H and O–H groups in total. The number of benzene rings is 1. The minimum Gasteiger partial charge on any atom is -0.478 e. The van der Waals surface area contributed by atoms with Gasteiger partial charge in [-0.15, -0.1) is 0 Å². The summed E-state index contributed by atoms with van der Waals surface area (Å²) in [4.78, 5) is 11.1. The molecule has 1 aliphatic carbocycles. The lowest BCUT2D eigenvalue weighted by Gasteiger charge is -2.20. The van der Waals surface area contributed by atoms with Crippen LogP contribution in [0.25, 0.3) is 0 Å². The van der Waals surface area contributed by atoms with Crippen LogP contribution in [0, 0.1) is 5.92 Å². The molecule has 1 atom stereocenters. The lowest BCUT2D eigenvalue weighted by molar-refractivity contribution is -0.146. The van der Waals surface area contributed by atoms with Crippen LogP contribution in [0.5, 0.6) is 5.75 Å². The van der Waals surface area contributed by atoms with E-state index in [1.165, 1.54) is 12.1 Å². The Kier molecular flexibility index (Phi) is 3.80. The number of alkyl halides is 2. The van der Waals surface area contributed by atoms with Crippen molar-refractivity contribution in [1.29, 1.82) is 0 Å². The molecule has 1 aromatic rings. The van der Waals surface area contributed by atoms with Gasteiger partial charge < -0.3 is 9.84 Å². The Labute approximate surface area is 117 Å². The van der Waals surface area contributed by atoms with E-state index >= 15 is 0 Å². The molecule has 104 valence electrons. The number of carboxylic acids is 1. The van der Waals surface area contributed by atoms with Crippen molar-refractivity contribution in [3.05, 3.63) is 28.2 Å². The van der Waals surface area contributed by atoms with Crippen LogP contribution in [0.15, 0.2) is 22.7 Å². The van der Waals surface area contributed by atoms with Crippen LogP contribution in [0.3, 0.4) is 0 Å². The lowest BCUT2D eigenvalue weighted by Crippen LogP contribution is -2.30. The zero-order valence-electron chi connectivity index (χ0n) is 10.2. The number of rotatable bonds is 5. The molecule has 0 radical (unpaired) electrons. The predicted octanol–water partition coefficient (Wildman–Crippen LogP) is 3.80. The number of aliphatic carboxylic acids is 1. The molecule has 1 fully saturated rings. The van der Waals surface area contributed by atoms with Crippen molar-refractivity contribution in [2.75, 3.05) is 0 Å². The highest BCUT2D eigenvalue weighted by Crippen LogP contribution is 2.40. The second kappa shape index (κ2) is 5.07. The molecule has 19 heavy (non-hydrogen) atoms. The van der Waals surface area contributed by atoms with Crippen molar-refractivity contribution >= 4 is 21.9 Å². The molecule has 0 heterocycles. The smallest absolute Gasteiger partial charge is 0.345 e. The average Bonchev–Trinajstić information content (AvgIpc) is 3.09. The second-order valence-electron chi connectivity index (χ2n) is 4.74. The monoisotopic (exact) mass is 334 g/mol. The zero-order valence-corrected chi connectivity index (χ0v) is 11.8. The van der Waals surface area contributed by atoms with Gasteiger partial charge in [-0.2, -0.15) is 0 Å². The van der Waals surface area contributed by atoms with Gasteiger partial charge in [0, 0.05) is 17.3 Å². The van der Waals surface area contributed by atoms with Crippen LogP contribution in [-0.2, 0) is 10.7 Å². The standard InChI is InChI=1S/C13H13BrF2O3/c1-13(15,16)9-6-8(14)4-5-10(9)19-11(12(17)18)7-2-3-7/h4-7,11H,2-3H2,1H3,(H,17,18). The Balaban J connectivity index is 2.31. The summed E-state index contributed by atoms with van der Waals surface area (Å²) in [6.45, 7) is 0.758. The molecule has 0 aromatic heterocycles. The first-order chi connectivity index (χ1) is 8.79. The summed E-state index contributed by atoms with van der Waals surface area (Å²) in [5.41, 5.74) is -0.311. The van der Waals surface area contributed by atoms with E-state index in [0.29, 0.717) is 4.47 Å². The Morgan fingerprint density at radius 2 is 2.16 bits per heavy atom. The maximum Gasteiger partial charge on any atom is 0.345 e. The molecule has 0 amide bonds. The maximum atomic E-state index is 13.5. The summed E-state index contributed by atoms with van der Waals surface area (Å²) < 4.78 is 32.8. The number of hydrogen-bond acceptors (Lipinski definition) is 2. The molecule has 3 nitrogen and oxygen atoms in total. The Morgan fingerprint density at radius 3 is 2.63 bits per heavy atom. The number of carbonyl (C=O) groups is 1. The molecule has 1 unspecified atom stereocenters. The van der Waals surface area contributed by atoms with Crippen molar-refractivity contribution in [2.24, 2.45) is 5.92 Å². The molecule has 1 aromatic carbocycles. The van der Waals surface area contributed by atoms with E-state index in [1.807, 2.05) is 0 Å². The average molecular weight is 335 g/mol. The van der Waals surface area contributed by atoms with Crippen LogP contribution in [0.4, 0.5) is 8.78 Å². The van der Waals surface area contributed by atoms with Crippen LogP contribution in [-0.4, -0.2) is 17.2 Å². The predicted molar refractivity (Wildman–Crippen MR) is 68.5 cm³/mol. The van der Waals surface area contributed by atoms with Crippen LogP contribution in [0.1, 0.15) is 25.3 Å². The van der Waals surface area contributed by atoms with E-state index in [0.717, 1.165) is 19.8 Å². The Morgan fingerprint density at radius 1 is 1.53 bits per heavy atom. The molecule has 0 aliphatic heterocycles. The fourth-order valence-corrected chi connectivity index (χ4v) is 2.19. The Hall–Kier alpha value is -1.17. The summed E-state index contributed by atoms with van der Waals surface area (Å²) in [6, 6.07) is 4.17. The molecule has 1 saturated carbocycles. The van der Waals surface area contributed by atoms with E-state index in [-0.39, 0.29) is 17.2 Å². The second-order valence-corrected chi connectivity index (χ2v) is 5.66. The number of ether oxygens (including phenoxy) is 1. The van der Waals surface area contributed by atoms with Gasteiger partial charge in [-0.1, -0.05) is 15.9 Å². The van der Waals surface area contributed by atoms with E-state index in [4.69, 9.17) is 9.84 Å². The third kappa shape index (κ3) is 3.43. The lowest BCUT2D eigenvalue weighted by atomic mass is 10.1. The first kappa shape index (κ1) is 14.2. The normalized spacial score (nSPS) is 17.1. The third-order valence-electron chi connectivity index (χ3n) is 2.96. The SMILES string of the molecule is CC(F)(F)c1cc(Br)ccc1OC(C(=O)O)C1CC1. The van der Waals surface area contributed by atoms with Crippen LogP contribution in [0.2, 0.25) is 0 Å². The minimum atomic E-state index is -3.09. The fourth-order valence-electron chi connectivity index (χ4n) is 1.83. The van der Waals surface area contributed by atoms with E-state index in [1.54, 1.807) is 6.07 Å². The highest BCUT2D eigenvalue weighted by molar-refractivity contribution is 9.10. The van der Waals surface area contributed by atoms with Gasteiger partial charge in [0.15, 0.2) is 6.10 Å². The molecular formula is C13H13BrF2O3. The first-order valence-electron chi connectivity index (χ1n) is 5.86.